The fourth-order valence-corrected chi connectivity index (χ4v) is 2.80. The van der Waals surface area contributed by atoms with Gasteiger partial charge in [0, 0.05) is 13.1 Å². The largest absolute Gasteiger partial charge is 0.317 e. The third-order valence-corrected chi connectivity index (χ3v) is 3.59. The lowest BCUT2D eigenvalue weighted by Crippen LogP contribution is -2.38. The fourth-order valence-electron chi connectivity index (χ4n) is 2.80. The van der Waals surface area contributed by atoms with E-state index in [9.17, 15) is 0 Å². The van der Waals surface area contributed by atoms with Crippen LogP contribution in [-0.4, -0.2) is 26.2 Å². The highest BCUT2D eigenvalue weighted by molar-refractivity contribution is 4.86. The van der Waals surface area contributed by atoms with E-state index in [1.165, 1.54) is 51.6 Å². The zero-order chi connectivity index (χ0) is 8.99. The van der Waals surface area contributed by atoms with E-state index in [2.05, 4.69) is 10.6 Å². The summed E-state index contributed by atoms with van der Waals surface area (Å²) >= 11 is 0. The number of piperidine rings is 1. The van der Waals surface area contributed by atoms with Crippen LogP contribution in [0.3, 0.4) is 0 Å². The molecule has 0 amide bonds. The lowest BCUT2D eigenvalue weighted by Gasteiger charge is -2.38. The molecule has 0 unspecified atom stereocenters. The normalized spacial score (nSPS) is 29.5. The molecule has 0 saturated carbocycles. The molecule has 0 bridgehead atoms. The number of rotatable bonds is 0. The topological polar surface area (TPSA) is 26.1 Å². The zero-order valence-corrected chi connectivity index (χ0v) is 8.52. The molecule has 2 saturated heterocycles. The number of nitrogens with zero attached hydrogens (tertiary/aromatic N) is 1. The molecular formula is C11H21N2. The zero-order valence-electron chi connectivity index (χ0n) is 8.52. The lowest BCUT2D eigenvalue weighted by molar-refractivity contribution is 0.157. The van der Waals surface area contributed by atoms with Crippen LogP contribution < -0.4 is 10.6 Å². The second-order valence-corrected chi connectivity index (χ2v) is 4.67. The first-order valence-corrected chi connectivity index (χ1v) is 5.75. The molecule has 2 aliphatic heterocycles. The van der Waals surface area contributed by atoms with Gasteiger partial charge in [-0.15, -0.1) is 0 Å². The van der Waals surface area contributed by atoms with Crippen LogP contribution in [0.2, 0.25) is 0 Å². The monoisotopic (exact) mass is 181 g/mol. The molecule has 2 heterocycles. The minimum Gasteiger partial charge on any atom is -0.317 e. The van der Waals surface area contributed by atoms with Crippen molar-refractivity contribution in [2.24, 2.45) is 5.41 Å². The van der Waals surface area contributed by atoms with E-state index in [-0.39, 0.29) is 0 Å². The molecule has 13 heavy (non-hydrogen) atoms. The van der Waals surface area contributed by atoms with Gasteiger partial charge in [0.15, 0.2) is 0 Å². The number of hydrogen-bond donors (Lipinski definition) is 1. The van der Waals surface area contributed by atoms with Crippen LogP contribution in [0.15, 0.2) is 0 Å². The first-order chi connectivity index (χ1) is 6.41. The van der Waals surface area contributed by atoms with Crippen molar-refractivity contribution in [1.82, 2.24) is 10.6 Å². The molecule has 0 aromatic rings. The molecule has 1 radical (unpaired) electrons. The first kappa shape index (κ1) is 9.47. The van der Waals surface area contributed by atoms with Crippen molar-refractivity contribution in [2.75, 3.05) is 26.2 Å². The van der Waals surface area contributed by atoms with Crippen LogP contribution in [0.1, 0.15) is 38.5 Å². The molecule has 2 rings (SSSR count). The van der Waals surface area contributed by atoms with Gasteiger partial charge >= 0.3 is 0 Å². The van der Waals surface area contributed by atoms with E-state index in [0.717, 1.165) is 13.1 Å². The van der Waals surface area contributed by atoms with E-state index in [1.807, 2.05) is 0 Å². The molecule has 0 aliphatic carbocycles. The van der Waals surface area contributed by atoms with Gasteiger partial charge < -0.3 is 5.32 Å². The molecule has 0 aromatic carbocycles. The summed E-state index contributed by atoms with van der Waals surface area (Å²) in [4.78, 5) is 0. The van der Waals surface area contributed by atoms with Gasteiger partial charge in [0.05, 0.1) is 0 Å². The fraction of sp³-hybridized carbons (Fsp3) is 1.00. The predicted octanol–water partition coefficient (Wildman–Crippen LogP) is 1.53. The van der Waals surface area contributed by atoms with Crippen molar-refractivity contribution >= 4 is 0 Å². The van der Waals surface area contributed by atoms with Crippen molar-refractivity contribution in [3.05, 3.63) is 0 Å². The summed E-state index contributed by atoms with van der Waals surface area (Å²) in [5.41, 5.74) is 0.625. The highest BCUT2D eigenvalue weighted by atomic mass is 14.9. The molecule has 2 nitrogen and oxygen atoms in total. The van der Waals surface area contributed by atoms with E-state index in [0.29, 0.717) is 5.41 Å². The Bertz CT molecular complexity index is 140. The Hall–Kier alpha value is -0.0800. The van der Waals surface area contributed by atoms with Gasteiger partial charge in [-0.2, -0.15) is 0 Å². The standard InChI is InChI=1S/C11H21N2/c1-4-11(5-2-8-12-7-1)6-3-9-13-10-11/h12H,1-10H2. The highest BCUT2D eigenvalue weighted by Gasteiger charge is 2.31. The molecule has 2 aliphatic rings. The third kappa shape index (κ3) is 2.44. The van der Waals surface area contributed by atoms with Crippen molar-refractivity contribution in [3.8, 4) is 0 Å². The molecule has 2 heteroatoms. The average Bonchev–Trinajstić information content (AvgIpc) is 2.14. The molecular weight excluding hydrogens is 160 g/mol. The van der Waals surface area contributed by atoms with Gasteiger partial charge in [0.25, 0.3) is 0 Å². The Morgan fingerprint density at radius 3 is 2.23 bits per heavy atom. The summed E-state index contributed by atoms with van der Waals surface area (Å²) in [6.45, 7) is 4.73. The minimum atomic E-state index is 0.625. The average molecular weight is 181 g/mol. The molecule has 0 aromatic heterocycles. The Labute approximate surface area is 81.5 Å². The van der Waals surface area contributed by atoms with Crippen LogP contribution in [0.5, 0.6) is 0 Å². The van der Waals surface area contributed by atoms with Crippen LogP contribution in [0, 0.1) is 5.41 Å². The quantitative estimate of drug-likeness (QED) is 0.602. The maximum absolute atomic E-state index is 4.61. The van der Waals surface area contributed by atoms with Gasteiger partial charge in [0.1, 0.15) is 0 Å². The van der Waals surface area contributed by atoms with E-state index < -0.39 is 0 Å². The van der Waals surface area contributed by atoms with Crippen LogP contribution in [-0.2, 0) is 0 Å². The van der Waals surface area contributed by atoms with Crippen molar-refractivity contribution in [2.45, 2.75) is 38.5 Å². The summed E-state index contributed by atoms with van der Waals surface area (Å²) in [7, 11) is 0. The summed E-state index contributed by atoms with van der Waals surface area (Å²) < 4.78 is 0. The second-order valence-electron chi connectivity index (χ2n) is 4.67. The first-order valence-electron chi connectivity index (χ1n) is 5.75. The maximum atomic E-state index is 4.61. The Morgan fingerprint density at radius 1 is 0.923 bits per heavy atom. The summed E-state index contributed by atoms with van der Waals surface area (Å²) in [5.74, 6) is 0. The lowest BCUT2D eigenvalue weighted by atomic mass is 9.73. The smallest absolute Gasteiger partial charge is 0.0190 e. The SMILES string of the molecule is C1C[N]CC2(C1)CCCNCCC2. The Balaban J connectivity index is 1.91. The molecule has 0 atom stereocenters. The molecule has 2 fully saturated rings. The Kier molecular flexibility index (Phi) is 3.23. The molecule has 75 valence electrons. The van der Waals surface area contributed by atoms with Crippen molar-refractivity contribution < 1.29 is 0 Å². The summed E-state index contributed by atoms with van der Waals surface area (Å²) in [6, 6.07) is 0. The summed E-state index contributed by atoms with van der Waals surface area (Å²) in [6.07, 6.45) is 8.31. The minimum absolute atomic E-state index is 0.625. The van der Waals surface area contributed by atoms with Crippen LogP contribution in [0.4, 0.5) is 0 Å². The van der Waals surface area contributed by atoms with Gasteiger partial charge in [-0.25, -0.2) is 5.32 Å². The van der Waals surface area contributed by atoms with Crippen LogP contribution >= 0.6 is 0 Å². The predicted molar refractivity (Wildman–Crippen MR) is 54.9 cm³/mol. The van der Waals surface area contributed by atoms with E-state index >= 15 is 0 Å². The van der Waals surface area contributed by atoms with Crippen molar-refractivity contribution in [1.29, 1.82) is 0 Å². The molecule has 1 N–H and O–H groups in total. The molecule has 1 spiro atoms. The van der Waals surface area contributed by atoms with E-state index in [1.54, 1.807) is 0 Å². The van der Waals surface area contributed by atoms with Gasteiger partial charge in [-0.1, -0.05) is 0 Å². The van der Waals surface area contributed by atoms with Gasteiger partial charge in [-0.3, -0.25) is 0 Å². The second kappa shape index (κ2) is 4.43. The van der Waals surface area contributed by atoms with Gasteiger partial charge in [0.2, 0.25) is 0 Å². The number of nitrogens with one attached hydrogen (secondary N) is 1. The summed E-state index contributed by atoms with van der Waals surface area (Å²) in [5, 5.41) is 8.08. The van der Waals surface area contributed by atoms with Crippen molar-refractivity contribution in [3.63, 3.8) is 0 Å². The third-order valence-electron chi connectivity index (χ3n) is 3.59. The maximum Gasteiger partial charge on any atom is 0.0190 e. The highest BCUT2D eigenvalue weighted by Crippen LogP contribution is 2.37. The van der Waals surface area contributed by atoms with E-state index in [4.69, 9.17) is 0 Å². The number of hydrogen-bond acceptors (Lipinski definition) is 1. The Morgan fingerprint density at radius 2 is 1.62 bits per heavy atom. The van der Waals surface area contributed by atoms with Crippen LogP contribution in [0.25, 0.3) is 0 Å². The van der Waals surface area contributed by atoms with Gasteiger partial charge in [-0.05, 0) is 57.0 Å².